The third-order valence-corrected chi connectivity index (χ3v) is 7.69. The van der Waals surface area contributed by atoms with Crippen LogP contribution in [0.4, 0.5) is 18.9 Å². The van der Waals surface area contributed by atoms with E-state index in [1.54, 1.807) is 12.1 Å². The van der Waals surface area contributed by atoms with Gasteiger partial charge in [0.05, 0.1) is 23.8 Å². The molecule has 3 fully saturated rings. The van der Waals surface area contributed by atoms with E-state index in [9.17, 15) is 23.1 Å². The first kappa shape index (κ1) is 22.9. The number of aliphatic hydroxyl groups excluding tert-OH is 1. The molecule has 2 heterocycles. The number of piperidine rings is 1. The number of fused-ring (bicyclic) bond motifs is 1. The number of hydrogen-bond acceptors (Lipinski definition) is 4. The number of nitrogens with zero attached hydrogens (tertiary/aromatic N) is 3. The van der Waals surface area contributed by atoms with Crippen molar-refractivity contribution in [3.05, 3.63) is 29.3 Å². The van der Waals surface area contributed by atoms with Crippen LogP contribution < -0.4 is 4.90 Å². The van der Waals surface area contributed by atoms with Crippen LogP contribution in [0.1, 0.15) is 56.1 Å². The molecule has 174 valence electrons. The van der Waals surface area contributed by atoms with Gasteiger partial charge in [0.1, 0.15) is 0 Å². The highest BCUT2D eigenvalue weighted by atomic mass is 19.4. The number of benzene rings is 1. The van der Waals surface area contributed by atoms with E-state index in [4.69, 9.17) is 5.26 Å². The number of alkyl halides is 3. The van der Waals surface area contributed by atoms with Gasteiger partial charge in [-0.3, -0.25) is 4.79 Å². The maximum absolute atomic E-state index is 13.4. The Morgan fingerprint density at radius 1 is 1.16 bits per heavy atom. The van der Waals surface area contributed by atoms with E-state index in [1.807, 2.05) is 9.80 Å². The summed E-state index contributed by atoms with van der Waals surface area (Å²) in [4.78, 5) is 17.0. The lowest BCUT2D eigenvalue weighted by molar-refractivity contribution is -0.138. The molecule has 1 saturated carbocycles. The molecule has 0 aromatic heterocycles. The summed E-state index contributed by atoms with van der Waals surface area (Å²) in [6.07, 6.45) is 2.44. The lowest BCUT2D eigenvalue weighted by Gasteiger charge is -2.44. The second-order valence-corrected chi connectivity index (χ2v) is 9.67. The molecule has 0 bridgehead atoms. The second kappa shape index (κ2) is 8.93. The number of rotatable bonds is 3. The summed E-state index contributed by atoms with van der Waals surface area (Å²) in [6, 6.07) is 5.41. The van der Waals surface area contributed by atoms with E-state index in [1.165, 1.54) is 18.9 Å². The van der Waals surface area contributed by atoms with Crippen LogP contribution in [0.25, 0.3) is 0 Å². The molecule has 5 nitrogen and oxygen atoms in total. The normalized spacial score (nSPS) is 27.0. The van der Waals surface area contributed by atoms with Crippen LogP contribution >= 0.6 is 0 Å². The van der Waals surface area contributed by atoms with Crippen molar-refractivity contribution < 1.29 is 23.1 Å². The van der Waals surface area contributed by atoms with Gasteiger partial charge in [0.2, 0.25) is 5.91 Å². The van der Waals surface area contributed by atoms with Crippen LogP contribution in [-0.4, -0.2) is 48.7 Å². The molecular weight excluding hydrogens is 419 g/mol. The van der Waals surface area contributed by atoms with Crippen molar-refractivity contribution in [2.75, 3.05) is 37.7 Å². The summed E-state index contributed by atoms with van der Waals surface area (Å²) in [5, 5.41) is 19.4. The standard InChI is InChI=1S/C24H30F3N3O2/c25-24(26,27)21-11-20(8-7-18(21)12-28)29-10-9-19-13-30(15-23(19,14-29)16-31)22(32)17-5-3-1-2-4-6-17/h7-8,11,17,19,31H,1-6,9-10,13-16H2/t19-,23+/m1/s1. The zero-order valence-electron chi connectivity index (χ0n) is 18.2. The Morgan fingerprint density at radius 3 is 2.50 bits per heavy atom. The first-order valence-corrected chi connectivity index (χ1v) is 11.5. The fraction of sp³-hybridized carbons (Fsp3) is 0.667. The maximum atomic E-state index is 13.4. The molecule has 1 aromatic rings. The molecule has 3 aliphatic rings. The van der Waals surface area contributed by atoms with Crippen molar-refractivity contribution in [3.63, 3.8) is 0 Å². The summed E-state index contributed by atoms with van der Waals surface area (Å²) in [5.74, 6) is 0.370. The minimum absolute atomic E-state index is 0.0531. The van der Waals surface area contributed by atoms with E-state index in [-0.39, 0.29) is 24.3 Å². The first-order valence-electron chi connectivity index (χ1n) is 11.5. The lowest BCUT2D eigenvalue weighted by atomic mass is 9.74. The summed E-state index contributed by atoms with van der Waals surface area (Å²) in [7, 11) is 0. The van der Waals surface area contributed by atoms with Crippen LogP contribution in [0.3, 0.4) is 0 Å². The van der Waals surface area contributed by atoms with Crippen molar-refractivity contribution in [1.29, 1.82) is 5.26 Å². The number of carbonyl (C=O) groups excluding carboxylic acids is 1. The monoisotopic (exact) mass is 449 g/mol. The summed E-state index contributed by atoms with van der Waals surface area (Å²) in [5.41, 5.74) is -1.47. The van der Waals surface area contributed by atoms with Gasteiger partial charge in [0.25, 0.3) is 0 Å². The Balaban J connectivity index is 1.53. The van der Waals surface area contributed by atoms with E-state index in [0.29, 0.717) is 38.3 Å². The number of nitriles is 1. The van der Waals surface area contributed by atoms with Gasteiger partial charge in [-0.15, -0.1) is 0 Å². The Morgan fingerprint density at radius 2 is 1.88 bits per heavy atom. The van der Waals surface area contributed by atoms with E-state index in [2.05, 4.69) is 0 Å². The van der Waals surface area contributed by atoms with Gasteiger partial charge in [-0.1, -0.05) is 25.7 Å². The number of anilines is 1. The van der Waals surface area contributed by atoms with E-state index >= 15 is 0 Å². The highest BCUT2D eigenvalue weighted by Gasteiger charge is 2.51. The fourth-order valence-electron chi connectivity index (χ4n) is 5.84. The average molecular weight is 450 g/mol. The summed E-state index contributed by atoms with van der Waals surface area (Å²) in [6.45, 7) is 1.91. The van der Waals surface area contributed by atoms with Crippen molar-refractivity contribution in [2.24, 2.45) is 17.3 Å². The minimum Gasteiger partial charge on any atom is -0.396 e. The van der Waals surface area contributed by atoms with Crippen molar-refractivity contribution in [3.8, 4) is 6.07 Å². The number of amides is 1. The number of carbonyl (C=O) groups is 1. The van der Waals surface area contributed by atoms with Crippen molar-refractivity contribution in [2.45, 2.75) is 51.1 Å². The van der Waals surface area contributed by atoms with Crippen LogP contribution in [0.15, 0.2) is 18.2 Å². The predicted octanol–water partition coefficient (Wildman–Crippen LogP) is 4.19. The van der Waals surface area contributed by atoms with Gasteiger partial charge in [-0.2, -0.15) is 18.4 Å². The first-order chi connectivity index (χ1) is 15.3. The van der Waals surface area contributed by atoms with Gasteiger partial charge >= 0.3 is 6.18 Å². The third-order valence-electron chi connectivity index (χ3n) is 7.69. The molecule has 0 radical (unpaired) electrons. The molecule has 1 aliphatic carbocycles. The molecule has 0 spiro atoms. The molecule has 2 atom stereocenters. The van der Waals surface area contributed by atoms with Crippen molar-refractivity contribution in [1.82, 2.24) is 4.90 Å². The molecule has 2 aliphatic heterocycles. The zero-order chi connectivity index (χ0) is 22.9. The quantitative estimate of drug-likeness (QED) is 0.703. The SMILES string of the molecule is N#Cc1ccc(N2CC[C@@H]3CN(C(=O)C4CCCCCC4)C[C@]3(CO)C2)cc1C(F)(F)F. The molecule has 8 heteroatoms. The van der Waals surface area contributed by atoms with Gasteiger partial charge in [-0.05, 0) is 43.4 Å². The molecule has 0 unspecified atom stereocenters. The highest BCUT2D eigenvalue weighted by molar-refractivity contribution is 5.79. The van der Waals surface area contributed by atoms with Crippen LogP contribution in [0, 0.1) is 28.6 Å². The largest absolute Gasteiger partial charge is 0.417 e. The molecule has 2 saturated heterocycles. The van der Waals surface area contributed by atoms with Gasteiger partial charge in [-0.25, -0.2) is 0 Å². The fourth-order valence-corrected chi connectivity index (χ4v) is 5.84. The second-order valence-electron chi connectivity index (χ2n) is 9.67. The summed E-state index contributed by atoms with van der Waals surface area (Å²) >= 11 is 0. The molecule has 1 aromatic carbocycles. The van der Waals surface area contributed by atoms with Crippen LogP contribution in [-0.2, 0) is 11.0 Å². The predicted molar refractivity (Wildman–Crippen MR) is 114 cm³/mol. The molecule has 32 heavy (non-hydrogen) atoms. The average Bonchev–Trinajstić information content (AvgIpc) is 2.96. The number of likely N-dealkylation sites (tertiary alicyclic amines) is 1. The molecule has 1 N–H and O–H groups in total. The third kappa shape index (κ3) is 4.32. The Bertz CT molecular complexity index is 889. The number of aliphatic hydroxyl groups is 1. The molecule has 4 rings (SSSR count). The molecule has 1 amide bonds. The topological polar surface area (TPSA) is 67.6 Å². The Kier molecular flexibility index (Phi) is 6.39. The van der Waals surface area contributed by atoms with Gasteiger partial charge < -0.3 is 14.9 Å². The van der Waals surface area contributed by atoms with E-state index < -0.39 is 22.7 Å². The maximum Gasteiger partial charge on any atom is 0.417 e. The van der Waals surface area contributed by atoms with E-state index in [0.717, 1.165) is 31.7 Å². The number of halogens is 3. The minimum atomic E-state index is -4.61. The van der Waals surface area contributed by atoms with Gasteiger partial charge in [0.15, 0.2) is 0 Å². The summed E-state index contributed by atoms with van der Waals surface area (Å²) < 4.78 is 40.3. The number of hydrogen-bond donors (Lipinski definition) is 1. The lowest BCUT2D eigenvalue weighted by Crippen LogP contribution is -2.51. The zero-order valence-corrected chi connectivity index (χ0v) is 18.2. The van der Waals surface area contributed by atoms with Gasteiger partial charge in [0, 0.05) is 43.2 Å². The van der Waals surface area contributed by atoms with Crippen LogP contribution in [0.2, 0.25) is 0 Å². The highest BCUT2D eigenvalue weighted by Crippen LogP contribution is 2.44. The Labute approximate surface area is 186 Å². The van der Waals surface area contributed by atoms with Crippen molar-refractivity contribution >= 4 is 11.6 Å². The smallest absolute Gasteiger partial charge is 0.396 e. The van der Waals surface area contributed by atoms with Crippen LogP contribution in [0.5, 0.6) is 0 Å². The molecular formula is C24H30F3N3O2. The Hall–Kier alpha value is -2.27.